The Morgan fingerprint density at radius 3 is 2.40 bits per heavy atom. The molecule has 2 rings (SSSR count). The minimum Gasteiger partial charge on any atom is -0.481 e. The predicted octanol–water partition coefficient (Wildman–Crippen LogP) is 4.38. The van der Waals surface area contributed by atoms with Gasteiger partial charge in [-0.05, 0) is 30.2 Å². The first-order valence-corrected chi connectivity index (χ1v) is 7.67. The van der Waals surface area contributed by atoms with Gasteiger partial charge < -0.3 is 5.11 Å². The van der Waals surface area contributed by atoms with Crippen LogP contribution in [0.3, 0.4) is 0 Å². The molecule has 0 spiro atoms. The van der Waals surface area contributed by atoms with Gasteiger partial charge in [-0.2, -0.15) is 0 Å². The van der Waals surface area contributed by atoms with Gasteiger partial charge in [-0.1, -0.05) is 48.0 Å². The summed E-state index contributed by atoms with van der Waals surface area (Å²) < 4.78 is 0. The largest absolute Gasteiger partial charge is 0.481 e. The van der Waals surface area contributed by atoms with Crippen molar-refractivity contribution in [1.29, 1.82) is 0 Å². The molecule has 0 aromatic heterocycles. The average Bonchev–Trinajstić information content (AvgIpc) is 2.46. The van der Waals surface area contributed by atoms with Crippen LogP contribution >= 0.6 is 23.4 Å². The van der Waals surface area contributed by atoms with Crippen molar-refractivity contribution in [2.45, 2.75) is 11.3 Å². The summed E-state index contributed by atoms with van der Waals surface area (Å²) >= 11 is 7.65. The van der Waals surface area contributed by atoms with Crippen LogP contribution in [-0.2, 0) is 11.2 Å². The minimum atomic E-state index is -0.784. The smallest absolute Gasteiger partial charge is 0.307 e. The number of rotatable bonds is 6. The van der Waals surface area contributed by atoms with Gasteiger partial charge in [0.15, 0.2) is 0 Å². The fourth-order valence-electron chi connectivity index (χ4n) is 1.86. The highest BCUT2D eigenvalue weighted by Gasteiger charge is 2.19. The quantitative estimate of drug-likeness (QED) is 0.805. The Morgan fingerprint density at radius 2 is 1.75 bits per heavy atom. The Morgan fingerprint density at radius 1 is 1.10 bits per heavy atom. The van der Waals surface area contributed by atoms with Crippen molar-refractivity contribution in [2.75, 3.05) is 5.75 Å². The summed E-state index contributed by atoms with van der Waals surface area (Å²) in [6.07, 6.45) is 0.453. The lowest BCUT2D eigenvalue weighted by molar-refractivity contribution is -0.140. The van der Waals surface area contributed by atoms with Gasteiger partial charge in [-0.3, -0.25) is 4.79 Å². The first-order valence-electron chi connectivity index (χ1n) is 6.31. The number of hydrogen-bond acceptors (Lipinski definition) is 2. The first kappa shape index (κ1) is 14.9. The van der Waals surface area contributed by atoms with Gasteiger partial charge in [0.1, 0.15) is 0 Å². The number of thioether (sulfide) groups is 1. The van der Waals surface area contributed by atoms with E-state index in [2.05, 4.69) is 0 Å². The zero-order valence-electron chi connectivity index (χ0n) is 10.8. The molecule has 0 aliphatic heterocycles. The number of hydrogen-bond donors (Lipinski definition) is 1. The molecular weight excluding hydrogens is 292 g/mol. The normalized spacial score (nSPS) is 12.1. The third-order valence-corrected chi connectivity index (χ3v) is 4.51. The first-order chi connectivity index (χ1) is 9.66. The molecule has 104 valence electrons. The van der Waals surface area contributed by atoms with Crippen molar-refractivity contribution in [2.24, 2.45) is 5.92 Å². The summed E-state index contributed by atoms with van der Waals surface area (Å²) in [4.78, 5) is 12.5. The van der Waals surface area contributed by atoms with Gasteiger partial charge in [0.2, 0.25) is 0 Å². The molecule has 1 atom stereocenters. The molecule has 0 heterocycles. The number of aliphatic carboxylic acids is 1. The third kappa shape index (κ3) is 4.29. The second kappa shape index (κ2) is 7.36. The van der Waals surface area contributed by atoms with Gasteiger partial charge in [0.05, 0.1) is 5.92 Å². The monoisotopic (exact) mass is 306 g/mol. The summed E-state index contributed by atoms with van der Waals surface area (Å²) in [6.45, 7) is 0. The molecule has 2 nitrogen and oxygen atoms in total. The highest BCUT2D eigenvalue weighted by atomic mass is 35.5. The van der Waals surface area contributed by atoms with Crippen LogP contribution in [0.4, 0.5) is 0 Å². The number of carboxylic acids is 1. The number of halogens is 1. The summed E-state index contributed by atoms with van der Waals surface area (Å²) in [7, 11) is 0. The van der Waals surface area contributed by atoms with E-state index in [0.29, 0.717) is 17.2 Å². The number of carboxylic acid groups (broad SMARTS) is 1. The van der Waals surface area contributed by atoms with Crippen molar-refractivity contribution in [1.82, 2.24) is 0 Å². The van der Waals surface area contributed by atoms with E-state index in [0.717, 1.165) is 10.5 Å². The molecule has 0 radical (unpaired) electrons. The van der Waals surface area contributed by atoms with Crippen molar-refractivity contribution in [3.8, 4) is 0 Å². The zero-order chi connectivity index (χ0) is 14.4. The van der Waals surface area contributed by atoms with Crippen molar-refractivity contribution in [3.63, 3.8) is 0 Å². The Hall–Kier alpha value is -1.45. The summed E-state index contributed by atoms with van der Waals surface area (Å²) in [6, 6.07) is 17.2. The summed E-state index contributed by atoms with van der Waals surface area (Å²) in [5.74, 6) is -0.696. The SMILES string of the molecule is O=C(O)C(CSc1ccccc1)Cc1ccccc1Cl. The minimum absolute atomic E-state index is 0.444. The lowest BCUT2D eigenvalue weighted by atomic mass is 10.0. The standard InChI is InChI=1S/C16H15ClO2S/c17-15-9-5-4-6-12(15)10-13(16(18)19)11-20-14-7-2-1-3-8-14/h1-9,13H,10-11H2,(H,18,19). The molecule has 2 aromatic rings. The Kier molecular flexibility index (Phi) is 5.50. The van der Waals surface area contributed by atoms with Crippen LogP contribution in [0, 0.1) is 5.92 Å². The van der Waals surface area contributed by atoms with Gasteiger partial charge in [0.25, 0.3) is 0 Å². The maximum atomic E-state index is 11.4. The van der Waals surface area contributed by atoms with E-state index in [1.807, 2.05) is 48.5 Å². The van der Waals surface area contributed by atoms with Gasteiger partial charge in [-0.25, -0.2) is 0 Å². The Balaban J connectivity index is 2.01. The fraction of sp³-hybridized carbons (Fsp3) is 0.188. The maximum Gasteiger partial charge on any atom is 0.307 e. The Bertz CT molecular complexity index is 572. The van der Waals surface area contributed by atoms with Crippen LogP contribution in [-0.4, -0.2) is 16.8 Å². The van der Waals surface area contributed by atoms with Crippen LogP contribution < -0.4 is 0 Å². The van der Waals surface area contributed by atoms with E-state index in [4.69, 9.17) is 11.6 Å². The molecule has 1 N–H and O–H groups in total. The highest BCUT2D eigenvalue weighted by Crippen LogP contribution is 2.25. The molecule has 20 heavy (non-hydrogen) atoms. The van der Waals surface area contributed by atoms with Crippen LogP contribution in [0.5, 0.6) is 0 Å². The third-order valence-electron chi connectivity index (χ3n) is 2.97. The van der Waals surface area contributed by atoms with Crippen molar-refractivity contribution >= 4 is 29.3 Å². The molecule has 1 unspecified atom stereocenters. The van der Waals surface area contributed by atoms with Crippen LogP contribution in [0.15, 0.2) is 59.5 Å². The van der Waals surface area contributed by atoms with Crippen molar-refractivity contribution < 1.29 is 9.90 Å². The number of carbonyl (C=O) groups is 1. The predicted molar refractivity (Wildman–Crippen MR) is 83.4 cm³/mol. The molecule has 0 bridgehead atoms. The lowest BCUT2D eigenvalue weighted by Gasteiger charge is -2.13. The summed E-state index contributed by atoms with van der Waals surface area (Å²) in [5.41, 5.74) is 0.884. The van der Waals surface area contributed by atoms with Crippen LogP contribution in [0.2, 0.25) is 5.02 Å². The molecular formula is C16H15ClO2S. The molecule has 2 aromatic carbocycles. The average molecular weight is 307 g/mol. The molecule has 0 saturated carbocycles. The molecule has 0 aliphatic carbocycles. The van der Waals surface area contributed by atoms with E-state index in [1.165, 1.54) is 0 Å². The maximum absolute atomic E-state index is 11.4. The highest BCUT2D eigenvalue weighted by molar-refractivity contribution is 7.99. The topological polar surface area (TPSA) is 37.3 Å². The fourth-order valence-corrected chi connectivity index (χ4v) is 3.08. The second-order valence-electron chi connectivity index (χ2n) is 4.45. The molecule has 0 amide bonds. The van der Waals surface area contributed by atoms with E-state index in [9.17, 15) is 9.90 Å². The van der Waals surface area contributed by atoms with E-state index in [-0.39, 0.29) is 0 Å². The van der Waals surface area contributed by atoms with Gasteiger partial charge in [-0.15, -0.1) is 11.8 Å². The Labute approximate surface area is 127 Å². The lowest BCUT2D eigenvalue weighted by Crippen LogP contribution is -2.19. The molecule has 0 aliphatic rings. The van der Waals surface area contributed by atoms with Gasteiger partial charge >= 0.3 is 5.97 Å². The van der Waals surface area contributed by atoms with Crippen LogP contribution in [0.1, 0.15) is 5.56 Å². The molecule has 4 heteroatoms. The zero-order valence-corrected chi connectivity index (χ0v) is 12.4. The van der Waals surface area contributed by atoms with Gasteiger partial charge in [0, 0.05) is 15.7 Å². The van der Waals surface area contributed by atoms with E-state index in [1.54, 1.807) is 17.8 Å². The summed E-state index contributed by atoms with van der Waals surface area (Å²) in [5, 5.41) is 9.98. The second-order valence-corrected chi connectivity index (χ2v) is 5.96. The van der Waals surface area contributed by atoms with E-state index < -0.39 is 11.9 Å². The number of benzene rings is 2. The molecule has 0 saturated heterocycles. The van der Waals surface area contributed by atoms with Crippen LogP contribution in [0.25, 0.3) is 0 Å². The van der Waals surface area contributed by atoms with Crippen molar-refractivity contribution in [3.05, 3.63) is 65.2 Å². The van der Waals surface area contributed by atoms with E-state index >= 15 is 0 Å². The molecule has 0 fully saturated rings.